The molecule has 0 amide bonds. The van der Waals surface area contributed by atoms with Crippen molar-refractivity contribution < 1.29 is 18.3 Å². The number of hydrogen-bond acceptors (Lipinski definition) is 10. The van der Waals surface area contributed by atoms with E-state index in [1.807, 2.05) is 24.4 Å². The fourth-order valence-electron chi connectivity index (χ4n) is 16.5. The molecule has 16 aromatic rings. The second kappa shape index (κ2) is 36.9. The van der Waals surface area contributed by atoms with E-state index in [2.05, 4.69) is 400 Å². The van der Waals surface area contributed by atoms with Crippen LogP contribution in [0, 0.1) is 81.1 Å². The maximum atomic E-state index is 4.95. The highest BCUT2D eigenvalue weighted by Crippen LogP contribution is 2.37. The van der Waals surface area contributed by atoms with Gasteiger partial charge < -0.3 is 0 Å². The number of nitrogens with zero attached hydrogens (tertiary/aromatic N) is 14. The van der Waals surface area contributed by atoms with Crippen LogP contribution in [0.15, 0.2) is 206 Å². The van der Waals surface area contributed by atoms with Crippen molar-refractivity contribution in [1.82, 2.24) is 49.8 Å². The molecule has 14 nitrogen and oxygen atoms in total. The Balaban J connectivity index is 0.000000143. The number of pyridine rings is 5. The van der Waals surface area contributed by atoms with Gasteiger partial charge in [0.1, 0.15) is 63.1 Å². The first-order chi connectivity index (χ1) is 58.8. The maximum Gasteiger partial charge on any atom is 0.213 e. The molecule has 0 bridgehead atoms. The minimum atomic E-state index is -0.166. The Bertz CT molecular complexity index is 6610. The highest BCUT2D eigenvalue weighted by Gasteiger charge is 2.30. The molecule has 0 atom stereocenters. The molecule has 0 spiro atoms. The molecular formula is C110H126N14+4. The average Bonchev–Trinajstić information content (AvgIpc) is 0.762. The summed E-state index contributed by atoms with van der Waals surface area (Å²) >= 11 is 0. The molecule has 0 unspecified atom stereocenters. The molecule has 0 saturated heterocycles. The summed E-state index contributed by atoms with van der Waals surface area (Å²) in [6, 6.07) is 71.6. The van der Waals surface area contributed by atoms with E-state index in [1.54, 1.807) is 0 Å². The first-order valence-electron chi connectivity index (χ1n) is 44.0. The lowest BCUT2D eigenvalue weighted by Gasteiger charge is -2.23. The molecule has 124 heavy (non-hydrogen) atoms. The van der Waals surface area contributed by atoms with Gasteiger partial charge in [-0.15, -0.1) is 0 Å². The van der Waals surface area contributed by atoms with Crippen LogP contribution in [0.5, 0.6) is 0 Å². The third kappa shape index (κ3) is 19.5. The molecule has 8 heterocycles. The molecule has 632 valence electrons. The molecule has 0 saturated carbocycles. The van der Waals surface area contributed by atoms with Gasteiger partial charge in [-0.05, 0) is 193 Å². The van der Waals surface area contributed by atoms with E-state index in [1.165, 1.54) is 117 Å². The summed E-state index contributed by atoms with van der Waals surface area (Å²) in [5.41, 5.74) is 32.7. The van der Waals surface area contributed by atoms with Crippen LogP contribution in [-0.2, 0) is 51.9 Å². The third-order valence-corrected chi connectivity index (χ3v) is 23.8. The van der Waals surface area contributed by atoms with E-state index in [4.69, 9.17) is 44.9 Å². The van der Waals surface area contributed by atoms with Gasteiger partial charge in [-0.25, -0.2) is 44.9 Å². The zero-order chi connectivity index (χ0) is 89.2. The summed E-state index contributed by atoms with van der Waals surface area (Å²) in [5, 5.41) is 4.67. The number of hydrogen-bond donors (Lipinski definition) is 0. The quantitative estimate of drug-likeness (QED) is 0.0965. The minimum Gasteiger partial charge on any atom is -0.256 e. The summed E-state index contributed by atoms with van der Waals surface area (Å²) in [6.07, 6.45) is 3.55. The highest BCUT2D eigenvalue weighted by atomic mass is 15.1. The molecule has 0 aliphatic heterocycles. The minimum absolute atomic E-state index is 0.166. The lowest BCUT2D eigenvalue weighted by molar-refractivity contribution is -0.633. The molecule has 0 aliphatic carbocycles. The first-order valence-corrected chi connectivity index (χ1v) is 44.0. The summed E-state index contributed by atoms with van der Waals surface area (Å²) in [6.45, 7) is 52.1. The maximum absolute atomic E-state index is 4.95. The number of rotatable bonds is 14. The number of aryl methyl sites for hydroxylation is 11. The number of aromatic nitrogens is 14. The third-order valence-electron chi connectivity index (χ3n) is 23.8. The monoisotopic (exact) mass is 1640 g/mol. The molecule has 8 aromatic heterocycles. The van der Waals surface area contributed by atoms with E-state index in [0.29, 0.717) is 11.8 Å². The van der Waals surface area contributed by atoms with Gasteiger partial charge in [0, 0.05) is 140 Å². The van der Waals surface area contributed by atoms with Crippen LogP contribution < -0.4 is 18.3 Å². The summed E-state index contributed by atoms with van der Waals surface area (Å²) < 4.78 is 9.13. The lowest BCUT2D eigenvalue weighted by Crippen LogP contribution is -2.32. The Morgan fingerprint density at radius 3 is 1.06 bits per heavy atom. The highest BCUT2D eigenvalue weighted by molar-refractivity contribution is 5.95. The Hall–Kier alpha value is -12.4. The molecule has 8 aromatic carbocycles. The second-order valence-corrected chi connectivity index (χ2v) is 37.6. The van der Waals surface area contributed by atoms with Gasteiger partial charge in [0.15, 0.2) is 17.5 Å². The predicted octanol–water partition coefficient (Wildman–Crippen LogP) is 24.3. The Morgan fingerprint density at radius 1 is 0.298 bits per heavy atom. The van der Waals surface area contributed by atoms with E-state index < -0.39 is 0 Å². The van der Waals surface area contributed by atoms with Gasteiger partial charge >= 0.3 is 0 Å². The standard InChI is InChI=1S/2C30H37N4.C28H33N4.C22H19N2/c1-18-16-19(2)20(3)23(17-18)25-15-14-21-22(12-11-13-24(21)34(25)10)26-31-27(29(4,5)6)33-28(32-26)30(7,8)9;1-18(2)14-28-31-29(15-19(3)4)33-30(32-28)24-10-9-11-26-23(24)12-13-27(34(26)8)25-17-20(5)16-21(6)22(25)7;1-16(2)26-29-27(17(3)4)31-28(30-26)22-10-9-11-24-21(22)12-13-25(32(24)8)23-15-18(5)14-19(6)20(23)7;1-16-7-3-4-8-19(16)22-13-11-18-15-17(10-12-21(18)24(22)2)20-9-5-6-14-23-20/h11-17H,1-10H3;9-13,16-19H,14-15H2,1-8H3;9-17H,1-8H3;3-15H,1-2H3/q4*+1. The topological polar surface area (TPSA) is 144 Å². The van der Waals surface area contributed by atoms with Crippen LogP contribution in [0.25, 0.3) is 134 Å². The molecule has 0 fully saturated rings. The van der Waals surface area contributed by atoms with Crippen molar-refractivity contribution >= 4 is 43.6 Å². The second-order valence-electron chi connectivity index (χ2n) is 37.6. The van der Waals surface area contributed by atoms with Crippen molar-refractivity contribution in [3.63, 3.8) is 0 Å². The molecule has 0 N–H and O–H groups in total. The molecular weight excluding hydrogens is 1520 g/mol. The zero-order valence-corrected chi connectivity index (χ0v) is 78.6. The smallest absolute Gasteiger partial charge is 0.213 e. The van der Waals surface area contributed by atoms with Gasteiger partial charge in [0.2, 0.25) is 44.8 Å². The Kier molecular flexibility index (Phi) is 26.6. The molecule has 14 heteroatoms. The Labute approximate surface area is 736 Å². The van der Waals surface area contributed by atoms with Crippen LogP contribution in [0.4, 0.5) is 0 Å². The van der Waals surface area contributed by atoms with Gasteiger partial charge in [0.25, 0.3) is 0 Å². The summed E-state index contributed by atoms with van der Waals surface area (Å²) in [4.78, 5) is 48.2. The van der Waals surface area contributed by atoms with Gasteiger partial charge in [-0.1, -0.05) is 192 Å². The van der Waals surface area contributed by atoms with Crippen LogP contribution in [0.1, 0.15) is 199 Å². The van der Waals surface area contributed by atoms with Crippen LogP contribution in [0.2, 0.25) is 0 Å². The Morgan fingerprint density at radius 2 is 0.669 bits per heavy atom. The molecule has 0 radical (unpaired) electrons. The van der Waals surface area contributed by atoms with E-state index >= 15 is 0 Å². The van der Waals surface area contributed by atoms with E-state index in [-0.39, 0.29) is 22.7 Å². The van der Waals surface area contributed by atoms with Crippen molar-refractivity contribution in [1.29, 1.82) is 0 Å². The fourth-order valence-corrected chi connectivity index (χ4v) is 16.5. The van der Waals surface area contributed by atoms with Crippen molar-refractivity contribution in [3.05, 3.63) is 297 Å². The van der Waals surface area contributed by atoms with Gasteiger partial charge in [-0.3, -0.25) is 4.98 Å². The predicted molar refractivity (Wildman–Crippen MR) is 512 cm³/mol. The number of benzene rings is 8. The summed E-state index contributed by atoms with van der Waals surface area (Å²) in [7, 11) is 8.57. The van der Waals surface area contributed by atoms with Crippen molar-refractivity contribution in [2.24, 2.45) is 40.0 Å². The molecule has 16 rings (SSSR count). The van der Waals surface area contributed by atoms with Crippen LogP contribution >= 0.6 is 0 Å². The van der Waals surface area contributed by atoms with Crippen molar-refractivity contribution in [3.8, 4) is 90.5 Å². The van der Waals surface area contributed by atoms with E-state index in [0.717, 1.165) is 120 Å². The largest absolute Gasteiger partial charge is 0.256 e. The van der Waals surface area contributed by atoms with Crippen molar-refractivity contribution in [2.75, 3.05) is 0 Å². The van der Waals surface area contributed by atoms with E-state index in [9.17, 15) is 0 Å². The van der Waals surface area contributed by atoms with Crippen LogP contribution in [0.3, 0.4) is 0 Å². The lowest BCUT2D eigenvalue weighted by atomic mass is 9.92. The zero-order valence-electron chi connectivity index (χ0n) is 78.6. The summed E-state index contributed by atoms with van der Waals surface area (Å²) in [5.74, 6) is 8.90. The fraction of sp³-hybridized carbons (Fsp3) is 0.327. The van der Waals surface area contributed by atoms with Crippen LogP contribution in [-0.4, -0.2) is 49.8 Å². The van der Waals surface area contributed by atoms with Gasteiger partial charge in [-0.2, -0.15) is 18.3 Å². The SMILES string of the molecule is Cc1cc(C)c(C)c(-c2ccc3c(-c4nc(C(C)(C)C)nc(C(C)(C)C)n4)cccc3[n+]2C)c1.Cc1cc(C)c(C)c(-c2ccc3c(-c4nc(C(C)C)nc(C(C)C)n4)cccc3[n+]2C)c1.Cc1cc(C)c(C)c(-c2ccc3c(-c4nc(CC(C)C)nc(CC(C)C)n4)cccc3[n+]2C)c1.Cc1ccccc1-c1ccc2cc(-c3ccccn3)ccc2[n+]1C. The first kappa shape index (κ1) is 89.3. The van der Waals surface area contributed by atoms with Crippen molar-refractivity contribution in [2.45, 2.75) is 202 Å². The normalized spacial score (nSPS) is 11.7. The molecule has 0 aliphatic rings. The average molecular weight is 1640 g/mol. The van der Waals surface area contributed by atoms with Gasteiger partial charge in [0.05, 0.1) is 21.9 Å². The number of fused-ring (bicyclic) bond motifs is 4.